The third-order valence-electron chi connectivity index (χ3n) is 5.80. The topological polar surface area (TPSA) is 94.4 Å². The van der Waals surface area contributed by atoms with Crippen molar-refractivity contribution in [3.63, 3.8) is 0 Å². The Hall–Kier alpha value is -3.01. The van der Waals surface area contributed by atoms with Crippen molar-refractivity contribution in [2.75, 3.05) is 44.8 Å². The van der Waals surface area contributed by atoms with E-state index in [1.807, 2.05) is 13.0 Å². The Balaban J connectivity index is 1.45. The van der Waals surface area contributed by atoms with E-state index >= 15 is 0 Å². The van der Waals surface area contributed by atoms with Crippen molar-refractivity contribution in [1.82, 2.24) is 24.4 Å². The lowest BCUT2D eigenvalue weighted by molar-refractivity contribution is 0.0320. The van der Waals surface area contributed by atoms with Gasteiger partial charge in [0.1, 0.15) is 12.3 Å². The van der Waals surface area contributed by atoms with Crippen molar-refractivity contribution in [3.8, 4) is 5.88 Å². The number of allylic oxidation sites excluding steroid dienone is 2. The molecule has 9 nitrogen and oxygen atoms in total. The number of ether oxygens (including phenoxy) is 2. The van der Waals surface area contributed by atoms with E-state index in [9.17, 15) is 4.79 Å². The summed E-state index contributed by atoms with van der Waals surface area (Å²) < 4.78 is 12.6. The molecule has 1 saturated heterocycles. The highest BCUT2D eigenvalue weighted by Crippen LogP contribution is 2.24. The molecule has 1 fully saturated rings. The summed E-state index contributed by atoms with van der Waals surface area (Å²) in [7, 11) is 1.70. The SMILES string of the molecule is CC/C(=C(\C)Cl)c1cc2cnc(Nc3ccc(OCCN4CCOCC4)nc3)nc2n(C)c1=O. The van der Waals surface area contributed by atoms with Gasteiger partial charge in [-0.25, -0.2) is 9.97 Å². The minimum Gasteiger partial charge on any atom is -0.476 e. The van der Waals surface area contributed by atoms with E-state index in [0.29, 0.717) is 41.1 Å². The van der Waals surface area contributed by atoms with E-state index in [2.05, 4.69) is 25.2 Å². The lowest BCUT2D eigenvalue weighted by Gasteiger charge is -2.26. The fourth-order valence-corrected chi connectivity index (χ4v) is 4.15. The number of hydrogen-bond acceptors (Lipinski definition) is 8. The van der Waals surface area contributed by atoms with Gasteiger partial charge in [0.15, 0.2) is 0 Å². The monoisotopic (exact) mass is 484 g/mol. The lowest BCUT2D eigenvalue weighted by Crippen LogP contribution is -2.38. The molecule has 4 heterocycles. The van der Waals surface area contributed by atoms with Gasteiger partial charge in [-0.05, 0) is 31.1 Å². The molecule has 0 spiro atoms. The van der Waals surface area contributed by atoms with Crippen LogP contribution in [0.3, 0.4) is 0 Å². The average Bonchev–Trinajstić information content (AvgIpc) is 2.84. The van der Waals surface area contributed by atoms with Gasteiger partial charge < -0.3 is 14.8 Å². The second kappa shape index (κ2) is 10.9. The zero-order valence-electron chi connectivity index (χ0n) is 19.7. The summed E-state index contributed by atoms with van der Waals surface area (Å²) in [5.41, 5.74) is 2.50. The number of aryl methyl sites for hydroxylation is 1. The van der Waals surface area contributed by atoms with Gasteiger partial charge in [-0.2, -0.15) is 4.98 Å². The van der Waals surface area contributed by atoms with Crippen molar-refractivity contribution in [1.29, 1.82) is 0 Å². The van der Waals surface area contributed by atoms with Gasteiger partial charge >= 0.3 is 0 Å². The highest BCUT2D eigenvalue weighted by atomic mass is 35.5. The van der Waals surface area contributed by atoms with E-state index in [1.165, 1.54) is 4.57 Å². The van der Waals surface area contributed by atoms with Gasteiger partial charge in [0.05, 0.1) is 25.1 Å². The Morgan fingerprint density at radius 1 is 1.24 bits per heavy atom. The molecule has 3 aromatic rings. The maximum absolute atomic E-state index is 12.9. The first-order valence-electron chi connectivity index (χ1n) is 11.3. The fraction of sp³-hybridized carbons (Fsp3) is 0.417. The number of nitrogens with one attached hydrogen (secondary N) is 1. The van der Waals surface area contributed by atoms with Crippen LogP contribution >= 0.6 is 11.6 Å². The van der Waals surface area contributed by atoms with Crippen molar-refractivity contribution < 1.29 is 9.47 Å². The second-order valence-corrected chi connectivity index (χ2v) is 8.64. The molecule has 0 radical (unpaired) electrons. The summed E-state index contributed by atoms with van der Waals surface area (Å²) in [4.78, 5) is 28.5. The normalized spacial score (nSPS) is 15.3. The Labute approximate surface area is 203 Å². The van der Waals surface area contributed by atoms with Crippen molar-refractivity contribution >= 4 is 39.8 Å². The number of fused-ring (bicyclic) bond motifs is 1. The molecule has 0 bridgehead atoms. The first-order chi connectivity index (χ1) is 16.5. The zero-order chi connectivity index (χ0) is 24.1. The van der Waals surface area contributed by atoms with E-state index in [4.69, 9.17) is 21.1 Å². The van der Waals surface area contributed by atoms with Gasteiger partial charge in [0, 0.05) is 54.9 Å². The summed E-state index contributed by atoms with van der Waals surface area (Å²) in [6, 6.07) is 5.46. The molecule has 0 saturated carbocycles. The molecule has 0 aromatic carbocycles. The van der Waals surface area contributed by atoms with Crippen LogP contribution in [0.5, 0.6) is 5.88 Å². The molecule has 3 aromatic heterocycles. The summed E-state index contributed by atoms with van der Waals surface area (Å²) in [5, 5.41) is 4.50. The Kier molecular flexibility index (Phi) is 7.77. The molecule has 10 heteroatoms. The number of anilines is 2. The molecule has 4 rings (SSSR count). The molecule has 0 aliphatic carbocycles. The summed E-state index contributed by atoms with van der Waals surface area (Å²) in [5.74, 6) is 0.931. The molecule has 0 amide bonds. The fourth-order valence-electron chi connectivity index (χ4n) is 3.92. The highest BCUT2D eigenvalue weighted by molar-refractivity contribution is 6.32. The minimum atomic E-state index is -0.144. The lowest BCUT2D eigenvalue weighted by atomic mass is 10.0. The number of aromatic nitrogens is 4. The molecule has 1 aliphatic heterocycles. The minimum absolute atomic E-state index is 0.144. The van der Waals surface area contributed by atoms with Crippen molar-refractivity contribution in [2.45, 2.75) is 20.3 Å². The summed E-state index contributed by atoms with van der Waals surface area (Å²) >= 11 is 6.21. The third-order valence-corrected chi connectivity index (χ3v) is 6.02. The van der Waals surface area contributed by atoms with Crippen LogP contribution in [0.15, 0.2) is 40.4 Å². The Bertz CT molecular complexity index is 1230. The van der Waals surface area contributed by atoms with Crippen LogP contribution in [-0.4, -0.2) is 63.9 Å². The smallest absolute Gasteiger partial charge is 0.259 e. The summed E-state index contributed by atoms with van der Waals surface area (Å²) in [6.07, 6.45) is 4.03. The quantitative estimate of drug-likeness (QED) is 0.518. The number of hydrogen-bond donors (Lipinski definition) is 1. The van der Waals surface area contributed by atoms with E-state index in [1.54, 1.807) is 38.5 Å². The van der Waals surface area contributed by atoms with Crippen LogP contribution in [0.2, 0.25) is 0 Å². The number of nitrogens with zero attached hydrogens (tertiary/aromatic N) is 5. The maximum Gasteiger partial charge on any atom is 0.259 e. The van der Waals surface area contributed by atoms with E-state index < -0.39 is 0 Å². The zero-order valence-corrected chi connectivity index (χ0v) is 20.4. The number of morpholine rings is 1. The standard InChI is InChI=1S/C24H29ClN6O3/c1-4-19(16(2)25)20-13-17-14-27-24(29-22(17)30(3)23(20)32)28-18-5-6-21(26-15-18)34-12-9-31-7-10-33-11-8-31/h5-6,13-15H,4,7-12H2,1-3H3,(H,27,28,29)/b19-16-. The highest BCUT2D eigenvalue weighted by Gasteiger charge is 2.14. The van der Waals surface area contributed by atoms with Crippen molar-refractivity contribution in [2.24, 2.45) is 7.05 Å². The number of pyridine rings is 2. The van der Waals surface area contributed by atoms with Gasteiger partial charge in [-0.1, -0.05) is 18.5 Å². The van der Waals surface area contributed by atoms with E-state index in [0.717, 1.165) is 49.5 Å². The second-order valence-electron chi connectivity index (χ2n) is 8.07. The number of halogens is 1. The van der Waals surface area contributed by atoms with Crippen LogP contribution in [0.25, 0.3) is 16.6 Å². The molecule has 180 valence electrons. The average molecular weight is 485 g/mol. The first-order valence-corrected chi connectivity index (χ1v) is 11.7. The van der Waals surface area contributed by atoms with Gasteiger partial charge in [-0.3, -0.25) is 14.3 Å². The summed E-state index contributed by atoms with van der Waals surface area (Å²) in [6.45, 7) is 8.59. The molecular formula is C24H29ClN6O3. The van der Waals surface area contributed by atoms with Crippen LogP contribution in [0.1, 0.15) is 25.8 Å². The molecule has 1 aliphatic rings. The van der Waals surface area contributed by atoms with E-state index in [-0.39, 0.29) is 5.56 Å². The molecular weight excluding hydrogens is 456 g/mol. The third kappa shape index (κ3) is 5.55. The first kappa shape index (κ1) is 24.1. The Morgan fingerprint density at radius 3 is 2.71 bits per heavy atom. The largest absolute Gasteiger partial charge is 0.476 e. The number of rotatable bonds is 8. The molecule has 34 heavy (non-hydrogen) atoms. The van der Waals surface area contributed by atoms with Gasteiger partial charge in [0.2, 0.25) is 11.8 Å². The Morgan fingerprint density at radius 2 is 2.03 bits per heavy atom. The predicted octanol–water partition coefficient (Wildman–Crippen LogP) is 3.56. The van der Waals surface area contributed by atoms with Gasteiger partial charge in [0.25, 0.3) is 5.56 Å². The van der Waals surface area contributed by atoms with Gasteiger partial charge in [-0.15, -0.1) is 0 Å². The van der Waals surface area contributed by atoms with Crippen molar-refractivity contribution in [3.05, 3.63) is 51.5 Å². The van der Waals surface area contributed by atoms with Crippen LogP contribution in [0.4, 0.5) is 11.6 Å². The van der Waals surface area contributed by atoms with Crippen LogP contribution in [0, 0.1) is 0 Å². The maximum atomic E-state index is 12.9. The predicted molar refractivity (Wildman–Crippen MR) is 134 cm³/mol. The van der Waals surface area contributed by atoms with Crippen LogP contribution in [-0.2, 0) is 11.8 Å². The van der Waals surface area contributed by atoms with Crippen LogP contribution < -0.4 is 15.6 Å². The molecule has 1 N–H and O–H groups in total. The molecule has 0 atom stereocenters. The molecule has 0 unspecified atom stereocenters.